The van der Waals surface area contributed by atoms with E-state index in [2.05, 4.69) is 4.57 Å². The van der Waals surface area contributed by atoms with Crippen LogP contribution in [0.25, 0.3) is 5.69 Å². The zero-order valence-corrected chi connectivity index (χ0v) is 16.3. The van der Waals surface area contributed by atoms with Gasteiger partial charge in [-0.05, 0) is 44.2 Å². The third kappa shape index (κ3) is 3.99. The molecule has 1 heterocycles. The van der Waals surface area contributed by atoms with Crippen molar-refractivity contribution in [3.05, 3.63) is 47.3 Å². The maximum Gasteiger partial charge on any atom is 0.174 e. The molecule has 0 atom stereocenters. The van der Waals surface area contributed by atoms with Crippen molar-refractivity contribution in [2.45, 2.75) is 13.8 Å². The number of thiocarbonyl (C=S) groups is 1. The third-order valence-corrected chi connectivity index (χ3v) is 5.49. The van der Waals surface area contributed by atoms with E-state index in [4.69, 9.17) is 17.0 Å². The van der Waals surface area contributed by atoms with Gasteiger partial charge >= 0.3 is 0 Å². The molecule has 4 nitrogen and oxygen atoms in total. The first-order valence-corrected chi connectivity index (χ1v) is 8.95. The van der Waals surface area contributed by atoms with Gasteiger partial charge in [0.25, 0.3) is 0 Å². The number of carbonyl (C=O) groups excluding carboxylic acids is 1. The Kier molecular flexibility index (Phi) is 6.07. The molecule has 0 radical (unpaired) electrons. The first kappa shape index (κ1) is 18.5. The molecule has 128 valence electrons. The highest BCUT2D eigenvalue weighted by molar-refractivity contribution is 8.23. The molecule has 2 aromatic rings. The Morgan fingerprint density at radius 2 is 1.88 bits per heavy atom. The van der Waals surface area contributed by atoms with E-state index in [1.165, 1.54) is 11.8 Å². The highest BCUT2D eigenvalue weighted by Gasteiger charge is 2.17. The van der Waals surface area contributed by atoms with Gasteiger partial charge in [0.1, 0.15) is 10.1 Å². The second-order valence-corrected chi connectivity index (χ2v) is 7.30. The molecule has 1 aromatic carbocycles. The van der Waals surface area contributed by atoms with E-state index in [0.717, 1.165) is 28.4 Å². The average molecular weight is 363 g/mol. The number of Topliss-reactive ketones (excluding diaryl/α,β-unsaturated/α-hetero) is 1. The topological polar surface area (TPSA) is 34.5 Å². The van der Waals surface area contributed by atoms with Gasteiger partial charge in [-0.3, -0.25) is 4.79 Å². The number of methoxy groups -OCH3 is 1. The van der Waals surface area contributed by atoms with Crippen LogP contribution in [0.2, 0.25) is 0 Å². The predicted octanol–water partition coefficient (Wildman–Crippen LogP) is 3.87. The van der Waals surface area contributed by atoms with Gasteiger partial charge in [-0.15, -0.1) is 0 Å². The van der Waals surface area contributed by atoms with E-state index >= 15 is 0 Å². The minimum atomic E-state index is 0.0945. The summed E-state index contributed by atoms with van der Waals surface area (Å²) in [6.07, 6.45) is 0. The lowest BCUT2D eigenvalue weighted by Gasteiger charge is -2.12. The zero-order chi connectivity index (χ0) is 17.9. The molecule has 2 rings (SSSR count). The van der Waals surface area contributed by atoms with Gasteiger partial charge in [-0.2, -0.15) is 0 Å². The van der Waals surface area contributed by atoms with Gasteiger partial charge in [0.05, 0.1) is 12.9 Å². The van der Waals surface area contributed by atoms with Gasteiger partial charge in [-0.1, -0.05) is 24.0 Å². The SMILES string of the molecule is COc1ccc(-n2c(C)cc(C(=O)CSC(=S)N(C)C)c2C)cc1. The van der Waals surface area contributed by atoms with E-state index in [1.807, 2.05) is 63.2 Å². The summed E-state index contributed by atoms with van der Waals surface area (Å²) in [6, 6.07) is 9.76. The van der Waals surface area contributed by atoms with Crippen LogP contribution in [0, 0.1) is 13.8 Å². The highest BCUT2D eigenvalue weighted by atomic mass is 32.2. The van der Waals surface area contributed by atoms with Gasteiger partial charge in [-0.25, -0.2) is 0 Å². The van der Waals surface area contributed by atoms with E-state index in [0.29, 0.717) is 10.1 Å². The lowest BCUT2D eigenvalue weighted by molar-refractivity contribution is 0.102. The second-order valence-electron chi connectivity index (χ2n) is 5.69. The van der Waals surface area contributed by atoms with Crippen LogP contribution in [0.15, 0.2) is 30.3 Å². The molecule has 6 heteroatoms. The first-order chi connectivity index (χ1) is 11.3. The van der Waals surface area contributed by atoms with Crippen LogP contribution >= 0.6 is 24.0 Å². The Morgan fingerprint density at radius 3 is 2.42 bits per heavy atom. The molecular weight excluding hydrogens is 340 g/mol. The Bertz CT molecular complexity index is 749. The van der Waals surface area contributed by atoms with Crippen LogP contribution in [0.5, 0.6) is 5.75 Å². The van der Waals surface area contributed by atoms with E-state index in [9.17, 15) is 4.79 Å². The van der Waals surface area contributed by atoms with E-state index in [-0.39, 0.29) is 5.78 Å². The summed E-state index contributed by atoms with van der Waals surface area (Å²) in [5.74, 6) is 1.26. The van der Waals surface area contributed by atoms with Crippen LogP contribution in [0.4, 0.5) is 0 Å². The van der Waals surface area contributed by atoms with Crippen molar-refractivity contribution in [1.29, 1.82) is 0 Å². The zero-order valence-electron chi connectivity index (χ0n) is 14.6. The van der Waals surface area contributed by atoms with Crippen LogP contribution in [0.3, 0.4) is 0 Å². The lowest BCUT2D eigenvalue weighted by Crippen LogP contribution is -2.18. The predicted molar refractivity (Wildman–Crippen MR) is 105 cm³/mol. The maximum absolute atomic E-state index is 12.6. The Morgan fingerprint density at radius 1 is 1.25 bits per heavy atom. The van der Waals surface area contributed by atoms with Crippen LogP contribution in [0.1, 0.15) is 21.7 Å². The molecule has 0 aliphatic rings. The minimum absolute atomic E-state index is 0.0945. The first-order valence-electron chi connectivity index (χ1n) is 7.55. The van der Waals surface area contributed by atoms with Crippen molar-refractivity contribution in [2.75, 3.05) is 27.0 Å². The fourth-order valence-electron chi connectivity index (χ4n) is 2.51. The molecule has 0 unspecified atom stereocenters. The number of carbonyl (C=O) groups is 1. The molecule has 0 aliphatic heterocycles. The Hall–Kier alpha value is -1.79. The number of hydrogen-bond acceptors (Lipinski definition) is 4. The molecule has 0 bridgehead atoms. The minimum Gasteiger partial charge on any atom is -0.497 e. The molecular formula is C18H22N2O2S2. The van der Waals surface area contributed by atoms with Crippen molar-refractivity contribution < 1.29 is 9.53 Å². The molecule has 0 amide bonds. The molecule has 0 spiro atoms. The maximum atomic E-state index is 12.6. The average Bonchev–Trinajstić information content (AvgIpc) is 2.87. The third-order valence-electron chi connectivity index (χ3n) is 3.75. The number of ketones is 1. The number of aryl methyl sites for hydroxylation is 1. The normalized spacial score (nSPS) is 10.5. The van der Waals surface area contributed by atoms with E-state index in [1.54, 1.807) is 7.11 Å². The van der Waals surface area contributed by atoms with Crippen molar-refractivity contribution >= 4 is 34.1 Å². The number of aromatic nitrogens is 1. The second kappa shape index (κ2) is 7.85. The summed E-state index contributed by atoms with van der Waals surface area (Å²) in [4.78, 5) is 14.4. The smallest absolute Gasteiger partial charge is 0.174 e. The van der Waals surface area contributed by atoms with Crippen molar-refractivity contribution in [3.8, 4) is 11.4 Å². The summed E-state index contributed by atoms with van der Waals surface area (Å²) < 4.78 is 8.00. The quantitative estimate of drug-likeness (QED) is 0.596. The Labute approximate surface area is 152 Å². The van der Waals surface area contributed by atoms with Gasteiger partial charge in [0.2, 0.25) is 0 Å². The largest absolute Gasteiger partial charge is 0.497 e. The number of ether oxygens (including phenoxy) is 1. The van der Waals surface area contributed by atoms with E-state index < -0.39 is 0 Å². The van der Waals surface area contributed by atoms with Crippen LogP contribution in [-0.4, -0.2) is 46.5 Å². The van der Waals surface area contributed by atoms with Crippen molar-refractivity contribution in [2.24, 2.45) is 0 Å². The standard InChI is InChI=1S/C18H22N2O2S2/c1-12-10-16(17(21)11-24-18(23)19(3)4)13(2)20(12)14-6-8-15(22-5)9-7-14/h6-10H,11H2,1-5H3. The molecule has 0 saturated heterocycles. The molecule has 0 saturated carbocycles. The molecule has 0 N–H and O–H groups in total. The Balaban J connectivity index is 2.24. The number of benzene rings is 1. The number of thioether (sulfide) groups is 1. The van der Waals surface area contributed by atoms with Gasteiger partial charge < -0.3 is 14.2 Å². The highest BCUT2D eigenvalue weighted by Crippen LogP contribution is 2.24. The molecule has 24 heavy (non-hydrogen) atoms. The van der Waals surface area contributed by atoms with Gasteiger partial charge in [0.15, 0.2) is 5.78 Å². The van der Waals surface area contributed by atoms with Crippen molar-refractivity contribution in [1.82, 2.24) is 9.47 Å². The number of rotatable bonds is 5. The monoisotopic (exact) mass is 362 g/mol. The number of nitrogens with zero attached hydrogens (tertiary/aromatic N) is 2. The fraction of sp³-hybridized carbons (Fsp3) is 0.333. The summed E-state index contributed by atoms with van der Waals surface area (Å²) in [6.45, 7) is 3.98. The summed E-state index contributed by atoms with van der Waals surface area (Å²) in [5, 5.41) is 0. The summed E-state index contributed by atoms with van der Waals surface area (Å²) in [5.41, 5.74) is 3.74. The number of hydrogen-bond donors (Lipinski definition) is 0. The molecule has 0 aliphatic carbocycles. The summed E-state index contributed by atoms with van der Waals surface area (Å²) >= 11 is 6.62. The molecule has 0 fully saturated rings. The fourth-order valence-corrected chi connectivity index (χ4v) is 3.35. The summed E-state index contributed by atoms with van der Waals surface area (Å²) in [7, 11) is 5.42. The lowest BCUT2D eigenvalue weighted by atomic mass is 10.2. The molecule has 1 aromatic heterocycles. The van der Waals surface area contributed by atoms with Crippen molar-refractivity contribution in [3.63, 3.8) is 0 Å². The van der Waals surface area contributed by atoms with Gasteiger partial charge in [0, 0.05) is 36.7 Å². The van der Waals surface area contributed by atoms with Crippen LogP contribution in [-0.2, 0) is 0 Å². The van der Waals surface area contributed by atoms with Crippen LogP contribution < -0.4 is 4.74 Å².